The van der Waals surface area contributed by atoms with Crippen molar-refractivity contribution < 1.29 is 19.4 Å². The Morgan fingerprint density at radius 1 is 1.25 bits per heavy atom. The minimum Gasteiger partial charge on any atom is -0.481 e. The van der Waals surface area contributed by atoms with Crippen molar-refractivity contribution in [2.24, 2.45) is 0 Å². The molecule has 0 aromatic carbocycles. The van der Waals surface area contributed by atoms with Gasteiger partial charge in [-0.15, -0.1) is 0 Å². The summed E-state index contributed by atoms with van der Waals surface area (Å²) in [5.41, 5.74) is 0.497. The summed E-state index contributed by atoms with van der Waals surface area (Å²) in [7, 11) is 1.52. The number of aromatic nitrogens is 1. The molecule has 0 atom stereocenters. The number of carboxylic acids is 1. The number of unbranched alkanes of at least 4 members (excludes halogenated alkanes) is 3. The molecule has 0 fully saturated rings. The predicted octanol–water partition coefficient (Wildman–Crippen LogP) is 1.86. The van der Waals surface area contributed by atoms with E-state index in [9.17, 15) is 9.59 Å². The van der Waals surface area contributed by atoms with E-state index in [-0.39, 0.29) is 12.3 Å². The second-order valence-corrected chi connectivity index (χ2v) is 4.40. The highest BCUT2D eigenvalue weighted by molar-refractivity contribution is 5.93. The van der Waals surface area contributed by atoms with E-state index in [1.54, 1.807) is 12.1 Å². The van der Waals surface area contributed by atoms with Crippen molar-refractivity contribution >= 4 is 11.9 Å². The van der Waals surface area contributed by atoms with Crippen molar-refractivity contribution in [3.63, 3.8) is 0 Å². The van der Waals surface area contributed by atoms with Gasteiger partial charge in [-0.05, 0) is 18.9 Å². The smallest absolute Gasteiger partial charge is 0.303 e. The molecule has 0 aliphatic rings. The molecule has 1 amide bonds. The van der Waals surface area contributed by atoms with Crippen LogP contribution < -0.4 is 10.1 Å². The third kappa shape index (κ3) is 6.17. The summed E-state index contributed by atoms with van der Waals surface area (Å²) in [4.78, 5) is 26.0. The molecule has 1 heterocycles. The summed E-state index contributed by atoms with van der Waals surface area (Å²) in [5, 5.41) is 11.3. The molecule has 110 valence electrons. The molecule has 0 aliphatic carbocycles. The zero-order valence-corrected chi connectivity index (χ0v) is 11.6. The van der Waals surface area contributed by atoms with Gasteiger partial charge in [-0.1, -0.05) is 12.8 Å². The summed E-state index contributed by atoms with van der Waals surface area (Å²) in [6.45, 7) is 0.581. The zero-order valence-electron chi connectivity index (χ0n) is 11.6. The number of nitrogens with zero attached hydrogens (tertiary/aromatic N) is 1. The van der Waals surface area contributed by atoms with Crippen LogP contribution in [0.4, 0.5) is 0 Å². The van der Waals surface area contributed by atoms with Crippen molar-refractivity contribution in [2.75, 3.05) is 13.7 Å². The maximum Gasteiger partial charge on any atom is 0.303 e. The maximum atomic E-state index is 11.8. The fourth-order valence-corrected chi connectivity index (χ4v) is 1.69. The van der Waals surface area contributed by atoms with Crippen molar-refractivity contribution in [3.05, 3.63) is 23.9 Å². The Bertz CT molecular complexity index is 431. The van der Waals surface area contributed by atoms with Gasteiger partial charge in [0.2, 0.25) is 5.88 Å². The zero-order chi connectivity index (χ0) is 14.8. The van der Waals surface area contributed by atoms with Gasteiger partial charge in [0.15, 0.2) is 0 Å². The number of ether oxygens (including phenoxy) is 1. The van der Waals surface area contributed by atoms with Crippen LogP contribution in [0.1, 0.15) is 42.5 Å². The molecule has 1 aromatic heterocycles. The van der Waals surface area contributed by atoms with Gasteiger partial charge in [0, 0.05) is 25.2 Å². The van der Waals surface area contributed by atoms with Crippen LogP contribution in [-0.2, 0) is 4.79 Å². The van der Waals surface area contributed by atoms with E-state index in [2.05, 4.69) is 10.3 Å². The first-order chi connectivity index (χ1) is 9.63. The lowest BCUT2D eigenvalue weighted by molar-refractivity contribution is -0.137. The fourth-order valence-electron chi connectivity index (χ4n) is 1.69. The second-order valence-electron chi connectivity index (χ2n) is 4.40. The molecule has 1 aromatic rings. The van der Waals surface area contributed by atoms with Gasteiger partial charge in [-0.2, -0.15) is 0 Å². The van der Waals surface area contributed by atoms with Gasteiger partial charge in [0.25, 0.3) is 5.91 Å². The first kappa shape index (κ1) is 15.9. The SMILES string of the molecule is COc1ccc(C(=O)NCCCCCCC(=O)O)cn1. The Labute approximate surface area is 118 Å². The Morgan fingerprint density at radius 3 is 2.60 bits per heavy atom. The van der Waals surface area contributed by atoms with E-state index in [1.165, 1.54) is 13.3 Å². The predicted molar refractivity (Wildman–Crippen MR) is 73.8 cm³/mol. The van der Waals surface area contributed by atoms with Gasteiger partial charge in [0.1, 0.15) is 0 Å². The van der Waals surface area contributed by atoms with Crippen molar-refractivity contribution in [1.29, 1.82) is 0 Å². The lowest BCUT2D eigenvalue weighted by atomic mass is 10.1. The molecule has 6 nitrogen and oxygen atoms in total. The molecule has 20 heavy (non-hydrogen) atoms. The summed E-state index contributed by atoms with van der Waals surface area (Å²) in [6.07, 6.45) is 4.99. The highest BCUT2D eigenvalue weighted by Crippen LogP contribution is 2.07. The van der Waals surface area contributed by atoms with Crippen LogP contribution in [0.5, 0.6) is 5.88 Å². The Kier molecular flexibility index (Phi) is 7.10. The number of aliphatic carboxylic acids is 1. The maximum absolute atomic E-state index is 11.8. The second kappa shape index (κ2) is 8.90. The molecule has 0 saturated carbocycles. The van der Waals surface area contributed by atoms with Gasteiger partial charge in [0.05, 0.1) is 12.7 Å². The Morgan fingerprint density at radius 2 is 2.00 bits per heavy atom. The van der Waals surface area contributed by atoms with Gasteiger partial charge in [-0.3, -0.25) is 9.59 Å². The molecule has 0 bridgehead atoms. The average Bonchev–Trinajstić information content (AvgIpc) is 2.45. The Hall–Kier alpha value is -2.11. The number of pyridine rings is 1. The first-order valence-electron chi connectivity index (χ1n) is 6.63. The summed E-state index contributed by atoms with van der Waals surface area (Å²) >= 11 is 0. The number of hydrogen-bond acceptors (Lipinski definition) is 4. The molecular formula is C14H20N2O4. The third-order valence-corrected chi connectivity index (χ3v) is 2.81. The average molecular weight is 280 g/mol. The van der Waals surface area contributed by atoms with Crippen molar-refractivity contribution in [1.82, 2.24) is 10.3 Å². The van der Waals surface area contributed by atoms with Crippen LogP contribution in [0, 0.1) is 0 Å². The highest BCUT2D eigenvalue weighted by atomic mass is 16.5. The number of amides is 1. The van der Waals surface area contributed by atoms with E-state index in [1.807, 2.05) is 0 Å². The minimum absolute atomic E-state index is 0.161. The van der Waals surface area contributed by atoms with E-state index >= 15 is 0 Å². The van der Waals surface area contributed by atoms with Crippen LogP contribution in [0.2, 0.25) is 0 Å². The number of carbonyl (C=O) groups excluding carboxylic acids is 1. The van der Waals surface area contributed by atoms with Crippen LogP contribution in [-0.4, -0.2) is 35.6 Å². The van der Waals surface area contributed by atoms with Gasteiger partial charge >= 0.3 is 5.97 Å². The van der Waals surface area contributed by atoms with Crippen LogP contribution >= 0.6 is 0 Å². The third-order valence-electron chi connectivity index (χ3n) is 2.81. The van der Waals surface area contributed by atoms with Crippen LogP contribution in [0.3, 0.4) is 0 Å². The molecule has 0 aliphatic heterocycles. The number of carbonyl (C=O) groups is 2. The summed E-state index contributed by atoms with van der Waals surface area (Å²) in [5.74, 6) is -0.448. The number of nitrogens with one attached hydrogen (secondary N) is 1. The molecule has 6 heteroatoms. The first-order valence-corrected chi connectivity index (χ1v) is 6.63. The summed E-state index contributed by atoms with van der Waals surface area (Å²) in [6, 6.07) is 3.30. The molecule has 0 radical (unpaired) electrons. The normalized spacial score (nSPS) is 10.1. The quantitative estimate of drug-likeness (QED) is 0.674. The monoisotopic (exact) mass is 280 g/mol. The molecular weight excluding hydrogens is 260 g/mol. The standard InChI is InChI=1S/C14H20N2O4/c1-20-12-8-7-11(10-16-12)14(19)15-9-5-3-2-4-6-13(17)18/h7-8,10H,2-6,9H2,1H3,(H,15,19)(H,17,18). The van der Waals surface area contributed by atoms with Gasteiger partial charge < -0.3 is 15.2 Å². The molecule has 0 unspecified atom stereocenters. The highest BCUT2D eigenvalue weighted by Gasteiger charge is 2.05. The van der Waals surface area contributed by atoms with E-state index in [0.29, 0.717) is 24.4 Å². The van der Waals surface area contributed by atoms with Crippen molar-refractivity contribution in [3.8, 4) is 5.88 Å². The number of rotatable bonds is 9. The van der Waals surface area contributed by atoms with E-state index in [0.717, 1.165) is 19.3 Å². The largest absolute Gasteiger partial charge is 0.481 e. The lowest BCUT2D eigenvalue weighted by Gasteiger charge is -2.05. The molecule has 0 spiro atoms. The topological polar surface area (TPSA) is 88.5 Å². The summed E-state index contributed by atoms with van der Waals surface area (Å²) < 4.78 is 4.92. The van der Waals surface area contributed by atoms with E-state index < -0.39 is 5.97 Å². The van der Waals surface area contributed by atoms with E-state index in [4.69, 9.17) is 9.84 Å². The number of methoxy groups -OCH3 is 1. The molecule has 2 N–H and O–H groups in total. The van der Waals surface area contributed by atoms with Gasteiger partial charge in [-0.25, -0.2) is 4.98 Å². The number of hydrogen-bond donors (Lipinski definition) is 2. The minimum atomic E-state index is -0.759. The number of carboxylic acid groups (broad SMARTS) is 1. The van der Waals surface area contributed by atoms with Crippen LogP contribution in [0.25, 0.3) is 0 Å². The molecule has 1 rings (SSSR count). The van der Waals surface area contributed by atoms with Crippen LogP contribution in [0.15, 0.2) is 18.3 Å². The molecule has 0 saturated heterocycles. The Balaban J connectivity index is 2.14. The lowest BCUT2D eigenvalue weighted by Crippen LogP contribution is -2.24. The van der Waals surface area contributed by atoms with Crippen molar-refractivity contribution in [2.45, 2.75) is 32.1 Å². The fraction of sp³-hybridized carbons (Fsp3) is 0.500.